The molecule has 0 heterocycles. The Morgan fingerprint density at radius 2 is 1.68 bits per heavy atom. The maximum Gasteiger partial charge on any atom is 0.573 e. The maximum atomic E-state index is 12.1. The lowest BCUT2D eigenvalue weighted by Gasteiger charge is -2.26. The fourth-order valence-corrected chi connectivity index (χ4v) is 2.35. The molecule has 2 N–H and O–H groups in total. The van der Waals surface area contributed by atoms with Crippen molar-refractivity contribution in [2.45, 2.75) is 45.9 Å². The van der Waals surface area contributed by atoms with Crippen molar-refractivity contribution in [1.82, 2.24) is 5.32 Å². The second kappa shape index (κ2) is 8.73. The maximum absolute atomic E-state index is 12.1. The molecule has 0 aromatic heterocycles. The van der Waals surface area contributed by atoms with Gasteiger partial charge in [0.25, 0.3) is 0 Å². The van der Waals surface area contributed by atoms with E-state index < -0.39 is 17.7 Å². The molecular weight excluding hydrogens is 339 g/mol. The molecule has 0 saturated heterocycles. The highest BCUT2D eigenvalue weighted by Crippen LogP contribution is 2.26. The van der Waals surface area contributed by atoms with Gasteiger partial charge in [-0.1, -0.05) is 26.0 Å². The molecule has 5 nitrogen and oxygen atoms in total. The Kier molecular flexibility index (Phi) is 7.26. The molecule has 1 amide bonds. The van der Waals surface area contributed by atoms with E-state index in [1.165, 1.54) is 24.3 Å². The quantitative estimate of drug-likeness (QED) is 0.706. The minimum Gasteiger partial charge on any atom is -0.481 e. The zero-order valence-corrected chi connectivity index (χ0v) is 14.2. The highest BCUT2D eigenvalue weighted by molar-refractivity contribution is 5.79. The molecule has 140 valence electrons. The van der Waals surface area contributed by atoms with Crippen LogP contribution in [-0.2, 0) is 16.0 Å². The molecule has 0 aliphatic heterocycles. The number of alkyl halides is 3. The molecule has 0 unspecified atom stereocenters. The fraction of sp³-hybridized carbons (Fsp3) is 0.529. The summed E-state index contributed by atoms with van der Waals surface area (Å²) in [4.78, 5) is 23.3. The molecule has 0 atom stereocenters. The van der Waals surface area contributed by atoms with Crippen LogP contribution in [0.2, 0.25) is 0 Å². The van der Waals surface area contributed by atoms with Gasteiger partial charge in [0.1, 0.15) is 5.75 Å². The Bertz CT molecular complexity index is 581. The van der Waals surface area contributed by atoms with Gasteiger partial charge in [-0.15, -0.1) is 13.2 Å². The lowest BCUT2D eigenvalue weighted by molar-refractivity contribution is -0.274. The molecule has 25 heavy (non-hydrogen) atoms. The number of carboxylic acid groups (broad SMARTS) is 1. The second-order valence-corrected chi connectivity index (χ2v) is 5.76. The van der Waals surface area contributed by atoms with Crippen molar-refractivity contribution >= 4 is 11.9 Å². The minimum absolute atomic E-state index is 0.0481. The summed E-state index contributed by atoms with van der Waals surface area (Å²) in [5, 5.41) is 11.9. The SMILES string of the molecule is CCC(CC)(CNC(=O)CCc1ccc(OC(F)(F)F)cc1)C(=O)O. The van der Waals surface area contributed by atoms with Gasteiger partial charge < -0.3 is 15.2 Å². The normalized spacial score (nSPS) is 11.9. The molecule has 8 heteroatoms. The third-order valence-electron chi connectivity index (χ3n) is 4.23. The smallest absolute Gasteiger partial charge is 0.481 e. The van der Waals surface area contributed by atoms with E-state index in [4.69, 9.17) is 0 Å². The standard InChI is InChI=1S/C17H22F3NO4/c1-3-16(4-2,15(23)24)11-21-14(22)10-7-12-5-8-13(9-6-12)25-17(18,19)20/h5-6,8-9H,3-4,7,10-11H2,1-2H3,(H,21,22)(H,23,24). The first-order valence-electron chi connectivity index (χ1n) is 7.96. The Morgan fingerprint density at radius 3 is 2.12 bits per heavy atom. The summed E-state index contributed by atoms with van der Waals surface area (Å²) in [6.45, 7) is 3.56. The second-order valence-electron chi connectivity index (χ2n) is 5.76. The van der Waals surface area contributed by atoms with Crippen molar-refractivity contribution < 1.29 is 32.6 Å². The summed E-state index contributed by atoms with van der Waals surface area (Å²) < 4.78 is 40.0. The molecule has 0 radical (unpaired) electrons. The van der Waals surface area contributed by atoms with Crippen LogP contribution in [0.3, 0.4) is 0 Å². The van der Waals surface area contributed by atoms with Crippen LogP contribution < -0.4 is 10.1 Å². The van der Waals surface area contributed by atoms with Crippen LogP contribution in [0.4, 0.5) is 13.2 Å². The zero-order chi connectivity index (χ0) is 19.1. The number of benzene rings is 1. The summed E-state index contributed by atoms with van der Waals surface area (Å²) in [6.07, 6.45) is -3.49. The summed E-state index contributed by atoms with van der Waals surface area (Å²) in [7, 11) is 0. The number of aliphatic carboxylic acids is 1. The van der Waals surface area contributed by atoms with E-state index in [9.17, 15) is 27.9 Å². The summed E-state index contributed by atoms with van der Waals surface area (Å²) in [6, 6.07) is 5.27. The number of halogens is 3. The minimum atomic E-state index is -4.74. The van der Waals surface area contributed by atoms with E-state index in [1.54, 1.807) is 13.8 Å². The summed E-state index contributed by atoms with van der Waals surface area (Å²) in [5.74, 6) is -1.57. The van der Waals surface area contributed by atoms with E-state index in [2.05, 4.69) is 10.1 Å². The molecule has 0 aliphatic rings. The molecule has 0 fully saturated rings. The third-order valence-corrected chi connectivity index (χ3v) is 4.23. The predicted molar refractivity (Wildman–Crippen MR) is 85.1 cm³/mol. The van der Waals surface area contributed by atoms with Gasteiger partial charge in [-0.25, -0.2) is 0 Å². The topological polar surface area (TPSA) is 75.6 Å². The average molecular weight is 361 g/mol. The highest BCUT2D eigenvalue weighted by Gasteiger charge is 2.35. The Morgan fingerprint density at radius 1 is 1.12 bits per heavy atom. The Labute approximate surface area is 144 Å². The first-order chi connectivity index (χ1) is 11.6. The first kappa shape index (κ1) is 20.8. The number of nitrogens with one attached hydrogen (secondary N) is 1. The molecule has 0 aliphatic carbocycles. The van der Waals surface area contributed by atoms with Crippen LogP contribution in [0.25, 0.3) is 0 Å². The summed E-state index contributed by atoms with van der Waals surface area (Å²) in [5.41, 5.74) is -0.299. The number of aryl methyl sites for hydroxylation is 1. The number of carboxylic acids is 1. The average Bonchev–Trinajstić information content (AvgIpc) is 2.54. The van der Waals surface area contributed by atoms with Crippen LogP contribution in [-0.4, -0.2) is 29.9 Å². The van der Waals surface area contributed by atoms with Crippen LogP contribution in [0.15, 0.2) is 24.3 Å². The van der Waals surface area contributed by atoms with Gasteiger partial charge in [0.2, 0.25) is 5.91 Å². The monoisotopic (exact) mass is 361 g/mol. The van der Waals surface area contributed by atoms with Crippen LogP contribution >= 0.6 is 0 Å². The van der Waals surface area contributed by atoms with Crippen molar-refractivity contribution in [3.8, 4) is 5.75 Å². The van der Waals surface area contributed by atoms with Crippen molar-refractivity contribution in [2.75, 3.05) is 6.54 Å². The number of carbonyl (C=O) groups excluding carboxylic acids is 1. The number of hydrogen-bond donors (Lipinski definition) is 2. The molecule has 1 rings (SSSR count). The van der Waals surface area contributed by atoms with Gasteiger partial charge in [-0.3, -0.25) is 9.59 Å². The van der Waals surface area contributed by atoms with Crippen molar-refractivity contribution in [3.05, 3.63) is 29.8 Å². The van der Waals surface area contributed by atoms with Gasteiger partial charge in [0.15, 0.2) is 0 Å². The van der Waals surface area contributed by atoms with Crippen molar-refractivity contribution in [2.24, 2.45) is 5.41 Å². The van der Waals surface area contributed by atoms with Gasteiger partial charge in [0.05, 0.1) is 5.41 Å². The van der Waals surface area contributed by atoms with Crippen LogP contribution in [0, 0.1) is 5.41 Å². The molecule has 0 spiro atoms. The number of hydrogen-bond acceptors (Lipinski definition) is 3. The number of ether oxygens (including phenoxy) is 1. The molecule has 1 aromatic carbocycles. The molecule has 0 saturated carbocycles. The van der Waals surface area contributed by atoms with Crippen molar-refractivity contribution in [3.63, 3.8) is 0 Å². The van der Waals surface area contributed by atoms with E-state index in [0.717, 1.165) is 0 Å². The van der Waals surface area contributed by atoms with Crippen LogP contribution in [0.5, 0.6) is 5.75 Å². The van der Waals surface area contributed by atoms with Gasteiger partial charge in [-0.05, 0) is 37.0 Å². The van der Waals surface area contributed by atoms with Gasteiger partial charge >= 0.3 is 12.3 Å². The Hall–Kier alpha value is -2.25. The first-order valence-corrected chi connectivity index (χ1v) is 7.96. The highest BCUT2D eigenvalue weighted by atomic mass is 19.4. The van der Waals surface area contributed by atoms with Gasteiger partial charge in [0, 0.05) is 13.0 Å². The molecule has 1 aromatic rings. The van der Waals surface area contributed by atoms with Gasteiger partial charge in [-0.2, -0.15) is 0 Å². The van der Waals surface area contributed by atoms with Crippen LogP contribution in [0.1, 0.15) is 38.7 Å². The van der Waals surface area contributed by atoms with E-state index in [-0.39, 0.29) is 24.6 Å². The summed E-state index contributed by atoms with van der Waals surface area (Å²) >= 11 is 0. The fourth-order valence-electron chi connectivity index (χ4n) is 2.35. The zero-order valence-electron chi connectivity index (χ0n) is 14.2. The number of rotatable bonds is 9. The lowest BCUT2D eigenvalue weighted by atomic mass is 9.82. The molecular formula is C17H22F3NO4. The van der Waals surface area contributed by atoms with E-state index in [0.29, 0.717) is 24.8 Å². The van der Waals surface area contributed by atoms with E-state index >= 15 is 0 Å². The number of amides is 1. The largest absolute Gasteiger partial charge is 0.573 e. The number of carbonyl (C=O) groups is 2. The third kappa shape index (κ3) is 6.64. The van der Waals surface area contributed by atoms with E-state index in [1.807, 2.05) is 0 Å². The molecule has 0 bridgehead atoms. The Balaban J connectivity index is 2.50. The predicted octanol–water partition coefficient (Wildman–Crippen LogP) is 3.53. The lowest BCUT2D eigenvalue weighted by Crippen LogP contribution is -2.42. The van der Waals surface area contributed by atoms with Crippen molar-refractivity contribution in [1.29, 1.82) is 0 Å².